The summed E-state index contributed by atoms with van der Waals surface area (Å²) in [5.74, 6) is -0.941. The minimum atomic E-state index is -3.47. The molecule has 1 aliphatic heterocycles. The van der Waals surface area contributed by atoms with Gasteiger partial charge in [-0.15, -0.1) is 0 Å². The van der Waals surface area contributed by atoms with Crippen molar-refractivity contribution < 1.29 is 27.5 Å². The highest BCUT2D eigenvalue weighted by Crippen LogP contribution is 2.15. The Bertz CT molecular complexity index is 469. The number of hydrogen-bond acceptors (Lipinski definition) is 6. The summed E-state index contributed by atoms with van der Waals surface area (Å²) in [4.78, 5) is 24.9. The molecular formula is C13H23NO6S. The quantitative estimate of drug-likeness (QED) is 0.613. The second-order valence-corrected chi connectivity index (χ2v) is 7.58. The number of carbonyl (C=O) groups is 2. The zero-order chi connectivity index (χ0) is 16.0. The van der Waals surface area contributed by atoms with E-state index in [9.17, 15) is 18.0 Å². The predicted octanol–water partition coefficient (Wildman–Crippen LogP) is -0.00980. The predicted molar refractivity (Wildman–Crippen MR) is 76.5 cm³/mol. The number of esters is 1. The van der Waals surface area contributed by atoms with Crippen LogP contribution in [0.2, 0.25) is 0 Å². The maximum atomic E-state index is 12.3. The maximum absolute atomic E-state index is 12.3. The van der Waals surface area contributed by atoms with Crippen LogP contribution in [0.4, 0.5) is 0 Å². The van der Waals surface area contributed by atoms with Gasteiger partial charge in [-0.25, -0.2) is 8.42 Å². The van der Waals surface area contributed by atoms with Crippen molar-refractivity contribution in [2.75, 3.05) is 33.1 Å². The van der Waals surface area contributed by atoms with E-state index in [1.54, 1.807) is 0 Å². The van der Waals surface area contributed by atoms with Crippen molar-refractivity contribution in [1.29, 1.82) is 0 Å². The molecule has 0 saturated carbocycles. The van der Waals surface area contributed by atoms with Gasteiger partial charge in [0.2, 0.25) is 5.91 Å². The first-order chi connectivity index (χ1) is 9.75. The van der Waals surface area contributed by atoms with E-state index < -0.39 is 27.0 Å². The molecule has 2 atom stereocenters. The Morgan fingerprint density at radius 2 is 2.10 bits per heavy atom. The van der Waals surface area contributed by atoms with Gasteiger partial charge in [0.1, 0.15) is 5.25 Å². The lowest BCUT2D eigenvalue weighted by molar-refractivity contribution is -0.142. The largest absolute Gasteiger partial charge is 0.469 e. The first-order valence-corrected chi connectivity index (χ1v) is 8.87. The van der Waals surface area contributed by atoms with Crippen molar-refractivity contribution in [2.45, 2.75) is 37.5 Å². The number of methoxy groups -OCH3 is 1. The van der Waals surface area contributed by atoms with Crippen LogP contribution in [0.3, 0.4) is 0 Å². The van der Waals surface area contributed by atoms with Crippen LogP contribution in [-0.4, -0.2) is 69.6 Å². The number of amides is 1. The summed E-state index contributed by atoms with van der Waals surface area (Å²) in [5.41, 5.74) is 0. The Balaban J connectivity index is 2.73. The van der Waals surface area contributed by atoms with Crippen LogP contribution >= 0.6 is 0 Å². The van der Waals surface area contributed by atoms with Crippen LogP contribution in [0, 0.1) is 0 Å². The van der Waals surface area contributed by atoms with Crippen molar-refractivity contribution in [2.24, 2.45) is 0 Å². The first kappa shape index (κ1) is 17.9. The van der Waals surface area contributed by atoms with Gasteiger partial charge in [-0.2, -0.15) is 0 Å². The molecular weight excluding hydrogens is 298 g/mol. The van der Waals surface area contributed by atoms with E-state index in [1.165, 1.54) is 18.9 Å². The highest BCUT2D eigenvalue weighted by atomic mass is 32.2. The monoisotopic (exact) mass is 321 g/mol. The van der Waals surface area contributed by atoms with Crippen LogP contribution in [-0.2, 0) is 28.9 Å². The highest BCUT2D eigenvalue weighted by Gasteiger charge is 2.31. The van der Waals surface area contributed by atoms with Crippen molar-refractivity contribution in [1.82, 2.24) is 4.90 Å². The van der Waals surface area contributed by atoms with Gasteiger partial charge in [0, 0.05) is 26.0 Å². The standard InChI is InChI=1S/C13H23NO6S/c1-10(21(3,17)18)13(16)14(7-6-12(15)19-2)9-11-5-4-8-20-11/h10-11H,4-9H2,1-3H3. The van der Waals surface area contributed by atoms with Crippen LogP contribution in [0.1, 0.15) is 26.2 Å². The molecule has 1 aliphatic rings. The molecule has 0 N–H and O–H groups in total. The molecule has 1 heterocycles. The molecule has 0 bridgehead atoms. The fourth-order valence-corrected chi connectivity index (χ4v) is 2.61. The summed E-state index contributed by atoms with van der Waals surface area (Å²) >= 11 is 0. The minimum absolute atomic E-state index is 0.0332. The molecule has 1 fully saturated rings. The molecule has 0 aromatic carbocycles. The van der Waals surface area contributed by atoms with Crippen LogP contribution in [0.5, 0.6) is 0 Å². The third-order valence-electron chi connectivity index (χ3n) is 3.56. The SMILES string of the molecule is COC(=O)CCN(CC1CCCO1)C(=O)C(C)S(C)(=O)=O. The molecule has 0 radical (unpaired) electrons. The fraction of sp³-hybridized carbons (Fsp3) is 0.846. The van der Waals surface area contributed by atoms with Gasteiger partial charge >= 0.3 is 5.97 Å². The molecule has 122 valence electrons. The van der Waals surface area contributed by atoms with E-state index in [0.717, 1.165) is 19.1 Å². The molecule has 1 rings (SSSR count). The summed E-state index contributed by atoms with van der Waals surface area (Å²) < 4.78 is 33.1. The maximum Gasteiger partial charge on any atom is 0.307 e. The summed E-state index contributed by atoms with van der Waals surface area (Å²) in [6.45, 7) is 2.44. The normalized spacial score (nSPS) is 20.0. The Hall–Kier alpha value is -1.15. The zero-order valence-corrected chi connectivity index (χ0v) is 13.5. The molecule has 2 unspecified atom stereocenters. The average Bonchev–Trinajstić information content (AvgIpc) is 2.93. The Kier molecular flexibility index (Phi) is 6.60. The molecule has 21 heavy (non-hydrogen) atoms. The zero-order valence-electron chi connectivity index (χ0n) is 12.7. The fourth-order valence-electron chi connectivity index (χ4n) is 2.09. The highest BCUT2D eigenvalue weighted by molar-refractivity contribution is 7.92. The lowest BCUT2D eigenvalue weighted by atomic mass is 10.2. The van der Waals surface area contributed by atoms with Crippen molar-refractivity contribution in [3.8, 4) is 0 Å². The number of sulfone groups is 1. The first-order valence-electron chi connectivity index (χ1n) is 6.91. The van der Waals surface area contributed by atoms with Crippen molar-refractivity contribution in [3.05, 3.63) is 0 Å². The topological polar surface area (TPSA) is 90.0 Å². The van der Waals surface area contributed by atoms with E-state index in [4.69, 9.17) is 4.74 Å². The van der Waals surface area contributed by atoms with Crippen molar-refractivity contribution >= 4 is 21.7 Å². The number of rotatable bonds is 7. The number of nitrogens with zero attached hydrogens (tertiary/aromatic N) is 1. The van der Waals surface area contributed by atoms with Gasteiger partial charge in [-0.05, 0) is 19.8 Å². The van der Waals surface area contributed by atoms with E-state index >= 15 is 0 Å². The van der Waals surface area contributed by atoms with Gasteiger partial charge in [-0.1, -0.05) is 0 Å². The van der Waals surface area contributed by atoms with Crippen LogP contribution < -0.4 is 0 Å². The second-order valence-electron chi connectivity index (χ2n) is 5.22. The Labute approximate surface area is 125 Å². The number of ether oxygens (including phenoxy) is 2. The lowest BCUT2D eigenvalue weighted by Gasteiger charge is -2.27. The smallest absolute Gasteiger partial charge is 0.307 e. The molecule has 1 saturated heterocycles. The van der Waals surface area contributed by atoms with E-state index in [2.05, 4.69) is 4.74 Å². The third-order valence-corrected chi connectivity index (χ3v) is 5.05. The van der Waals surface area contributed by atoms with Crippen molar-refractivity contribution in [3.63, 3.8) is 0 Å². The van der Waals surface area contributed by atoms with Gasteiger partial charge < -0.3 is 14.4 Å². The summed E-state index contributed by atoms with van der Waals surface area (Å²) in [7, 11) is -2.20. The molecule has 0 aromatic heterocycles. The molecule has 0 aromatic rings. The van der Waals surface area contributed by atoms with Gasteiger partial charge in [0.25, 0.3) is 0 Å². The molecule has 7 nitrogen and oxygen atoms in total. The minimum Gasteiger partial charge on any atom is -0.469 e. The number of carbonyl (C=O) groups excluding carboxylic acids is 2. The average molecular weight is 321 g/mol. The lowest BCUT2D eigenvalue weighted by Crippen LogP contribution is -2.45. The summed E-state index contributed by atoms with van der Waals surface area (Å²) in [6.07, 6.45) is 2.71. The van der Waals surface area contributed by atoms with Gasteiger partial charge in [0.15, 0.2) is 9.84 Å². The van der Waals surface area contributed by atoms with Gasteiger partial charge in [0.05, 0.1) is 19.6 Å². The third kappa shape index (κ3) is 5.62. The van der Waals surface area contributed by atoms with Crippen LogP contribution in [0.15, 0.2) is 0 Å². The molecule has 8 heteroatoms. The summed E-state index contributed by atoms with van der Waals surface area (Å²) in [5, 5.41) is -1.13. The van der Waals surface area contributed by atoms with E-state index in [0.29, 0.717) is 13.2 Å². The van der Waals surface area contributed by atoms with E-state index in [1.807, 2.05) is 0 Å². The van der Waals surface area contributed by atoms with Gasteiger partial charge in [-0.3, -0.25) is 9.59 Å². The number of hydrogen-bond donors (Lipinski definition) is 0. The van der Waals surface area contributed by atoms with E-state index in [-0.39, 0.29) is 19.1 Å². The molecule has 1 amide bonds. The second kappa shape index (κ2) is 7.74. The van der Waals surface area contributed by atoms with Crippen LogP contribution in [0.25, 0.3) is 0 Å². The molecule has 0 spiro atoms. The Morgan fingerprint density at radius 3 is 2.57 bits per heavy atom. The Morgan fingerprint density at radius 1 is 1.43 bits per heavy atom. The molecule has 0 aliphatic carbocycles. The summed E-state index contributed by atoms with van der Waals surface area (Å²) in [6, 6.07) is 0.